The molecule has 2 aromatic rings. The van der Waals surface area contributed by atoms with Crippen LogP contribution in [-0.2, 0) is 0 Å². The van der Waals surface area contributed by atoms with Crippen LogP contribution in [0.4, 0.5) is 0 Å². The lowest BCUT2D eigenvalue weighted by molar-refractivity contribution is 1.21. The van der Waals surface area contributed by atoms with Crippen molar-refractivity contribution in [1.29, 1.82) is 5.26 Å². The summed E-state index contributed by atoms with van der Waals surface area (Å²) in [5.41, 5.74) is 0.967. The molecule has 0 atom stereocenters. The number of halogens is 1. The van der Waals surface area contributed by atoms with Crippen molar-refractivity contribution in [2.75, 3.05) is 0 Å². The van der Waals surface area contributed by atoms with E-state index in [1.807, 2.05) is 6.07 Å². The summed E-state index contributed by atoms with van der Waals surface area (Å²) in [5, 5.41) is 8.97. The minimum absolute atomic E-state index is 0.0382. The first kappa shape index (κ1) is 10.4. The largest absolute Gasteiger partial charge is 0.311 e. The van der Waals surface area contributed by atoms with Gasteiger partial charge in [0.15, 0.2) is 0 Å². The fourth-order valence-electron chi connectivity index (χ4n) is 1.33. The number of H-pyrrole nitrogens is 1. The highest BCUT2D eigenvalue weighted by Gasteiger charge is 2.08. The highest BCUT2D eigenvalue weighted by atomic mass is 35.5. The second-order valence-corrected chi connectivity index (χ2v) is 3.47. The van der Waals surface area contributed by atoms with Crippen LogP contribution in [0.25, 0.3) is 11.1 Å². The third kappa shape index (κ3) is 1.81. The average Bonchev–Trinajstić information content (AvgIpc) is 2.30. The molecule has 0 aromatic carbocycles. The van der Waals surface area contributed by atoms with Crippen LogP contribution in [0.15, 0.2) is 35.4 Å². The van der Waals surface area contributed by atoms with Gasteiger partial charge in [0.2, 0.25) is 0 Å². The average molecular weight is 232 g/mol. The summed E-state index contributed by atoms with van der Waals surface area (Å²) >= 11 is 5.91. The third-order valence-electron chi connectivity index (χ3n) is 2.10. The Morgan fingerprint density at radius 2 is 2.06 bits per heavy atom. The number of aromatic nitrogens is 2. The predicted molar refractivity (Wildman–Crippen MR) is 60.0 cm³/mol. The van der Waals surface area contributed by atoms with E-state index >= 15 is 0 Å². The van der Waals surface area contributed by atoms with Crippen LogP contribution in [0.5, 0.6) is 0 Å². The monoisotopic (exact) mass is 231 g/mol. The van der Waals surface area contributed by atoms with E-state index in [4.69, 9.17) is 16.9 Å². The van der Waals surface area contributed by atoms with Crippen molar-refractivity contribution >= 4 is 11.6 Å². The van der Waals surface area contributed by atoms with Gasteiger partial charge in [0.1, 0.15) is 16.8 Å². The van der Waals surface area contributed by atoms with Gasteiger partial charge in [-0.25, -0.2) is 0 Å². The van der Waals surface area contributed by atoms with E-state index in [1.54, 1.807) is 24.5 Å². The quantitative estimate of drug-likeness (QED) is 0.763. The lowest BCUT2D eigenvalue weighted by atomic mass is 10.1. The van der Waals surface area contributed by atoms with Crippen molar-refractivity contribution in [1.82, 2.24) is 9.97 Å². The molecule has 0 spiro atoms. The van der Waals surface area contributed by atoms with Gasteiger partial charge < -0.3 is 4.98 Å². The summed E-state index contributed by atoms with van der Waals surface area (Å²) in [6.45, 7) is 0. The van der Waals surface area contributed by atoms with E-state index in [0.29, 0.717) is 5.56 Å². The van der Waals surface area contributed by atoms with Gasteiger partial charge in [-0.15, -0.1) is 0 Å². The van der Waals surface area contributed by atoms with Crippen molar-refractivity contribution in [3.05, 3.63) is 51.7 Å². The van der Waals surface area contributed by atoms with Crippen LogP contribution in [0.2, 0.25) is 5.15 Å². The van der Waals surface area contributed by atoms with E-state index in [-0.39, 0.29) is 10.7 Å². The fourth-order valence-corrected chi connectivity index (χ4v) is 1.58. The van der Waals surface area contributed by atoms with Crippen LogP contribution < -0.4 is 5.56 Å². The first-order valence-corrected chi connectivity index (χ1v) is 4.83. The Morgan fingerprint density at radius 1 is 1.38 bits per heavy atom. The first-order valence-electron chi connectivity index (χ1n) is 4.45. The van der Waals surface area contributed by atoms with Gasteiger partial charge in [-0.2, -0.15) is 5.26 Å². The maximum atomic E-state index is 11.3. The Bertz CT molecular complexity index is 613. The number of nitrogens with zero attached hydrogens (tertiary/aromatic N) is 2. The van der Waals surface area contributed by atoms with Crippen molar-refractivity contribution in [3.63, 3.8) is 0 Å². The minimum Gasteiger partial charge on any atom is -0.311 e. The maximum Gasteiger partial charge on any atom is 0.267 e. The molecule has 0 aliphatic heterocycles. The van der Waals surface area contributed by atoms with Crippen LogP contribution in [0.1, 0.15) is 5.56 Å². The molecule has 0 radical (unpaired) electrons. The summed E-state index contributed by atoms with van der Waals surface area (Å²) in [5.74, 6) is 0. The first-order chi connectivity index (χ1) is 7.72. The van der Waals surface area contributed by atoms with Crippen LogP contribution >= 0.6 is 11.6 Å². The molecule has 0 saturated carbocycles. The number of hydrogen-bond acceptors (Lipinski definition) is 3. The van der Waals surface area contributed by atoms with Crippen LogP contribution in [0.3, 0.4) is 0 Å². The van der Waals surface area contributed by atoms with E-state index < -0.39 is 5.56 Å². The molecule has 0 aliphatic rings. The molecule has 5 heteroatoms. The summed E-state index contributed by atoms with van der Waals surface area (Å²) in [7, 11) is 0. The van der Waals surface area contributed by atoms with Crippen molar-refractivity contribution in [2.24, 2.45) is 0 Å². The lowest BCUT2D eigenvalue weighted by Crippen LogP contribution is -2.10. The molecule has 16 heavy (non-hydrogen) atoms. The van der Waals surface area contributed by atoms with Gasteiger partial charge in [-0.05, 0) is 23.8 Å². The molecular weight excluding hydrogens is 226 g/mol. The number of pyridine rings is 2. The number of nitriles is 1. The summed E-state index contributed by atoms with van der Waals surface area (Å²) in [4.78, 5) is 17.6. The Kier molecular flexibility index (Phi) is 2.71. The second kappa shape index (κ2) is 4.17. The molecule has 2 rings (SSSR count). The van der Waals surface area contributed by atoms with Gasteiger partial charge in [0.05, 0.1) is 0 Å². The Balaban J connectivity index is 2.68. The molecule has 1 N–H and O–H groups in total. The highest BCUT2D eigenvalue weighted by molar-refractivity contribution is 6.32. The van der Waals surface area contributed by atoms with Crippen molar-refractivity contribution in [3.8, 4) is 17.2 Å². The van der Waals surface area contributed by atoms with E-state index in [1.165, 1.54) is 6.07 Å². The molecule has 0 fully saturated rings. The van der Waals surface area contributed by atoms with E-state index in [2.05, 4.69) is 9.97 Å². The molecule has 2 aromatic heterocycles. The molecule has 78 valence electrons. The van der Waals surface area contributed by atoms with Gasteiger partial charge in [0, 0.05) is 18.0 Å². The zero-order valence-corrected chi connectivity index (χ0v) is 8.82. The molecule has 4 nitrogen and oxygen atoms in total. The normalized spacial score (nSPS) is 9.75. The Hall–Kier alpha value is -2.12. The molecule has 0 bridgehead atoms. The predicted octanol–water partition coefficient (Wildman–Crippen LogP) is 1.96. The van der Waals surface area contributed by atoms with Gasteiger partial charge in [-0.3, -0.25) is 9.78 Å². The van der Waals surface area contributed by atoms with Gasteiger partial charge in [0.25, 0.3) is 5.56 Å². The van der Waals surface area contributed by atoms with Gasteiger partial charge >= 0.3 is 0 Å². The maximum absolute atomic E-state index is 11.3. The smallest absolute Gasteiger partial charge is 0.267 e. The number of rotatable bonds is 1. The summed E-state index contributed by atoms with van der Waals surface area (Å²) < 4.78 is 0. The molecular formula is C11H6ClN3O. The molecule has 0 saturated heterocycles. The fraction of sp³-hybridized carbons (Fsp3) is 0. The zero-order valence-electron chi connectivity index (χ0n) is 8.07. The van der Waals surface area contributed by atoms with E-state index in [0.717, 1.165) is 5.56 Å². The standard InChI is InChI=1S/C11H6ClN3O/c12-10-9(7-1-3-14-4-2-7)5-8(6-13)11(16)15-10/h1-5H,(H,15,16). The zero-order chi connectivity index (χ0) is 11.5. The second-order valence-electron chi connectivity index (χ2n) is 3.09. The number of hydrogen-bond donors (Lipinski definition) is 1. The van der Waals surface area contributed by atoms with Crippen LogP contribution in [0, 0.1) is 11.3 Å². The molecule has 2 heterocycles. The molecule has 0 aliphatic carbocycles. The number of aromatic amines is 1. The van der Waals surface area contributed by atoms with E-state index in [9.17, 15) is 4.79 Å². The molecule has 0 amide bonds. The minimum atomic E-state index is -0.481. The van der Waals surface area contributed by atoms with Gasteiger partial charge in [-0.1, -0.05) is 11.6 Å². The summed E-state index contributed by atoms with van der Waals surface area (Å²) in [6.07, 6.45) is 3.23. The Morgan fingerprint density at radius 3 is 2.69 bits per heavy atom. The third-order valence-corrected chi connectivity index (χ3v) is 2.40. The lowest BCUT2D eigenvalue weighted by Gasteiger charge is -2.03. The Labute approximate surface area is 96.2 Å². The van der Waals surface area contributed by atoms with Crippen molar-refractivity contribution < 1.29 is 0 Å². The van der Waals surface area contributed by atoms with Crippen molar-refractivity contribution in [2.45, 2.75) is 0 Å². The highest BCUT2D eigenvalue weighted by Crippen LogP contribution is 2.24. The molecule has 0 unspecified atom stereocenters. The number of nitrogens with one attached hydrogen (secondary N) is 1. The summed E-state index contributed by atoms with van der Waals surface area (Å²) in [6, 6.07) is 6.78. The van der Waals surface area contributed by atoms with Crippen LogP contribution in [-0.4, -0.2) is 9.97 Å². The SMILES string of the molecule is N#Cc1cc(-c2ccncc2)c(Cl)[nH]c1=O. The topological polar surface area (TPSA) is 69.5 Å².